The second-order valence-corrected chi connectivity index (χ2v) is 6.47. The fourth-order valence-corrected chi connectivity index (χ4v) is 4.12. The van der Waals surface area contributed by atoms with Crippen molar-refractivity contribution in [2.24, 2.45) is 5.73 Å². The molecule has 0 aliphatic carbocycles. The first-order chi connectivity index (χ1) is 8.19. The van der Waals surface area contributed by atoms with Crippen molar-refractivity contribution in [2.75, 3.05) is 11.5 Å². The third-order valence-electron chi connectivity index (χ3n) is 3.89. The number of ether oxygens (including phenoxy) is 1. The molecule has 2 aliphatic rings. The fourth-order valence-electron chi connectivity index (χ4n) is 2.89. The second kappa shape index (κ2) is 4.21. The molecule has 1 spiro atoms. The van der Waals surface area contributed by atoms with Crippen LogP contribution in [0.15, 0.2) is 18.2 Å². The lowest BCUT2D eigenvalue weighted by molar-refractivity contribution is 0.0279. The Morgan fingerprint density at radius 2 is 2.12 bits per heavy atom. The van der Waals surface area contributed by atoms with Crippen LogP contribution in [0.3, 0.4) is 0 Å². The lowest BCUT2D eigenvalue weighted by Crippen LogP contribution is -2.45. The van der Waals surface area contributed by atoms with Gasteiger partial charge in [-0.15, -0.1) is 0 Å². The van der Waals surface area contributed by atoms with Crippen LogP contribution in [0.5, 0.6) is 5.75 Å². The first-order valence-electron chi connectivity index (χ1n) is 6.31. The van der Waals surface area contributed by atoms with Crippen LogP contribution in [0.1, 0.15) is 36.4 Å². The summed E-state index contributed by atoms with van der Waals surface area (Å²) in [5.41, 5.74) is 8.81. The van der Waals surface area contributed by atoms with Crippen molar-refractivity contribution in [3.8, 4) is 5.75 Å². The molecule has 0 saturated carbocycles. The maximum absolute atomic E-state index is 6.33. The molecular weight excluding hydrogens is 230 g/mol. The van der Waals surface area contributed by atoms with Crippen molar-refractivity contribution >= 4 is 11.8 Å². The standard InChI is InChI=1S/C14H19NOS/c1-10-2-3-13-11(8-10)12(15)9-14(16-13)4-6-17-7-5-14/h2-3,8,12H,4-7,9,15H2,1H3. The van der Waals surface area contributed by atoms with Gasteiger partial charge < -0.3 is 10.5 Å². The predicted molar refractivity (Wildman–Crippen MR) is 72.6 cm³/mol. The van der Waals surface area contributed by atoms with Gasteiger partial charge in [0.25, 0.3) is 0 Å². The molecule has 0 bridgehead atoms. The molecular formula is C14H19NOS. The second-order valence-electron chi connectivity index (χ2n) is 5.25. The molecule has 2 aliphatic heterocycles. The predicted octanol–water partition coefficient (Wildman–Crippen LogP) is 3.04. The summed E-state index contributed by atoms with van der Waals surface area (Å²) in [6, 6.07) is 6.52. The Morgan fingerprint density at radius 1 is 1.35 bits per heavy atom. The summed E-state index contributed by atoms with van der Waals surface area (Å²) in [6.45, 7) is 2.11. The average Bonchev–Trinajstić information content (AvgIpc) is 2.31. The van der Waals surface area contributed by atoms with Crippen LogP contribution in [-0.4, -0.2) is 17.1 Å². The van der Waals surface area contributed by atoms with E-state index in [4.69, 9.17) is 10.5 Å². The van der Waals surface area contributed by atoms with Crippen LogP contribution in [0, 0.1) is 6.92 Å². The summed E-state index contributed by atoms with van der Waals surface area (Å²) in [4.78, 5) is 0. The van der Waals surface area contributed by atoms with Gasteiger partial charge in [-0.05, 0) is 37.3 Å². The zero-order valence-corrected chi connectivity index (χ0v) is 11.1. The van der Waals surface area contributed by atoms with E-state index in [1.54, 1.807) is 0 Å². The quantitative estimate of drug-likeness (QED) is 0.767. The number of rotatable bonds is 0. The van der Waals surface area contributed by atoms with E-state index in [9.17, 15) is 0 Å². The SMILES string of the molecule is Cc1ccc2c(c1)C(N)CC1(CCSCC1)O2. The highest BCUT2D eigenvalue weighted by Crippen LogP contribution is 2.44. The molecule has 92 valence electrons. The average molecular weight is 249 g/mol. The first-order valence-corrected chi connectivity index (χ1v) is 7.47. The van der Waals surface area contributed by atoms with Gasteiger partial charge in [0.1, 0.15) is 11.4 Å². The Labute approximate surface area is 107 Å². The van der Waals surface area contributed by atoms with Crippen LogP contribution >= 0.6 is 11.8 Å². The van der Waals surface area contributed by atoms with Crippen molar-refractivity contribution in [3.63, 3.8) is 0 Å². The highest BCUT2D eigenvalue weighted by Gasteiger charge is 2.40. The zero-order chi connectivity index (χ0) is 11.9. The highest BCUT2D eigenvalue weighted by molar-refractivity contribution is 7.99. The minimum absolute atomic E-state index is 0.0208. The minimum Gasteiger partial charge on any atom is -0.487 e. The summed E-state index contributed by atoms with van der Waals surface area (Å²) < 4.78 is 6.29. The van der Waals surface area contributed by atoms with Crippen molar-refractivity contribution in [1.29, 1.82) is 0 Å². The van der Waals surface area contributed by atoms with Gasteiger partial charge in [0, 0.05) is 18.0 Å². The molecule has 2 heterocycles. The Morgan fingerprint density at radius 3 is 2.88 bits per heavy atom. The summed E-state index contributed by atoms with van der Waals surface area (Å²) in [7, 11) is 0. The van der Waals surface area contributed by atoms with Crippen molar-refractivity contribution in [2.45, 2.75) is 37.8 Å². The number of nitrogens with two attached hydrogens (primary N) is 1. The van der Waals surface area contributed by atoms with Crippen molar-refractivity contribution < 1.29 is 4.74 Å². The van der Waals surface area contributed by atoms with Gasteiger partial charge >= 0.3 is 0 Å². The summed E-state index contributed by atoms with van der Waals surface area (Å²) in [5, 5.41) is 0. The molecule has 1 atom stereocenters. The normalized spacial score (nSPS) is 26.4. The lowest BCUT2D eigenvalue weighted by Gasteiger charge is -2.43. The number of fused-ring (bicyclic) bond motifs is 1. The van der Waals surface area contributed by atoms with Gasteiger partial charge in [0.05, 0.1) is 0 Å². The van der Waals surface area contributed by atoms with E-state index < -0.39 is 0 Å². The zero-order valence-electron chi connectivity index (χ0n) is 10.2. The molecule has 1 aromatic carbocycles. The molecule has 17 heavy (non-hydrogen) atoms. The molecule has 0 amide bonds. The van der Waals surface area contributed by atoms with Gasteiger partial charge in [0.2, 0.25) is 0 Å². The number of thioether (sulfide) groups is 1. The maximum atomic E-state index is 6.33. The van der Waals surface area contributed by atoms with Crippen LogP contribution in [0.25, 0.3) is 0 Å². The molecule has 1 fully saturated rings. The minimum atomic E-state index is 0.0208. The molecule has 2 N–H and O–H groups in total. The Balaban J connectivity index is 1.94. The van der Waals surface area contributed by atoms with Gasteiger partial charge in [-0.25, -0.2) is 0 Å². The topological polar surface area (TPSA) is 35.2 Å². The molecule has 1 aromatic rings. The van der Waals surface area contributed by atoms with Crippen molar-refractivity contribution in [3.05, 3.63) is 29.3 Å². The van der Waals surface area contributed by atoms with Crippen LogP contribution in [-0.2, 0) is 0 Å². The molecule has 3 rings (SSSR count). The van der Waals surface area contributed by atoms with E-state index in [2.05, 4.69) is 25.1 Å². The van der Waals surface area contributed by atoms with E-state index >= 15 is 0 Å². The van der Waals surface area contributed by atoms with Crippen molar-refractivity contribution in [1.82, 2.24) is 0 Å². The first kappa shape index (κ1) is 11.4. The van der Waals surface area contributed by atoms with E-state index in [1.807, 2.05) is 11.8 Å². The lowest BCUT2D eigenvalue weighted by atomic mass is 9.83. The summed E-state index contributed by atoms with van der Waals surface area (Å²) in [5.74, 6) is 3.42. The van der Waals surface area contributed by atoms with Crippen LogP contribution in [0.4, 0.5) is 0 Å². The maximum Gasteiger partial charge on any atom is 0.124 e. The van der Waals surface area contributed by atoms with Gasteiger partial charge in [0.15, 0.2) is 0 Å². The molecule has 1 saturated heterocycles. The fraction of sp³-hybridized carbons (Fsp3) is 0.571. The van der Waals surface area contributed by atoms with Crippen LogP contribution < -0.4 is 10.5 Å². The number of aryl methyl sites for hydroxylation is 1. The third kappa shape index (κ3) is 2.06. The molecule has 0 radical (unpaired) electrons. The molecule has 2 nitrogen and oxygen atoms in total. The smallest absolute Gasteiger partial charge is 0.124 e. The Bertz CT molecular complexity index is 426. The largest absolute Gasteiger partial charge is 0.487 e. The summed E-state index contributed by atoms with van der Waals surface area (Å²) >= 11 is 2.03. The van der Waals surface area contributed by atoms with E-state index in [-0.39, 0.29) is 11.6 Å². The number of hydrogen-bond donors (Lipinski definition) is 1. The van der Waals surface area contributed by atoms with E-state index in [1.165, 1.54) is 22.6 Å². The molecule has 3 heteroatoms. The van der Waals surface area contributed by atoms with Gasteiger partial charge in [-0.2, -0.15) is 11.8 Å². The number of hydrogen-bond acceptors (Lipinski definition) is 3. The van der Waals surface area contributed by atoms with E-state index in [0.29, 0.717) is 0 Å². The third-order valence-corrected chi connectivity index (χ3v) is 4.87. The summed E-state index contributed by atoms with van der Waals surface area (Å²) in [6.07, 6.45) is 3.25. The molecule has 0 aromatic heterocycles. The van der Waals surface area contributed by atoms with Crippen LogP contribution in [0.2, 0.25) is 0 Å². The Kier molecular flexibility index (Phi) is 2.83. The van der Waals surface area contributed by atoms with Gasteiger partial charge in [-0.1, -0.05) is 17.7 Å². The number of benzene rings is 1. The highest BCUT2D eigenvalue weighted by atomic mass is 32.2. The monoisotopic (exact) mass is 249 g/mol. The van der Waals surface area contributed by atoms with E-state index in [0.717, 1.165) is 25.0 Å². The molecule has 1 unspecified atom stereocenters. The Hall–Kier alpha value is -0.670. The van der Waals surface area contributed by atoms with Gasteiger partial charge in [-0.3, -0.25) is 0 Å².